The fourth-order valence-corrected chi connectivity index (χ4v) is 4.41. The van der Waals surface area contributed by atoms with Gasteiger partial charge >= 0.3 is 0 Å². The molecule has 0 N–H and O–H groups in total. The van der Waals surface area contributed by atoms with E-state index in [2.05, 4.69) is 20.9 Å². The molecule has 0 aliphatic carbocycles. The molecule has 2 rings (SSSR count). The lowest BCUT2D eigenvalue weighted by Gasteiger charge is -2.25. The molecule has 1 atom stereocenters. The lowest BCUT2D eigenvalue weighted by molar-refractivity contribution is 0.600. The van der Waals surface area contributed by atoms with Crippen molar-refractivity contribution in [3.8, 4) is 6.07 Å². The first kappa shape index (κ1) is 13.3. The summed E-state index contributed by atoms with van der Waals surface area (Å²) in [5.74, 6) is 1.06. The molecule has 1 fully saturated rings. The SMILES string of the molecule is CN(c1ncc(C#N)cc1Br)C1CCS(=O)(=O)C1. The molecule has 1 aromatic rings. The number of halogens is 1. The van der Waals surface area contributed by atoms with Gasteiger partial charge in [-0.3, -0.25) is 0 Å². The van der Waals surface area contributed by atoms with Crippen molar-refractivity contribution in [3.05, 3.63) is 22.3 Å². The molecule has 2 heterocycles. The summed E-state index contributed by atoms with van der Waals surface area (Å²) in [4.78, 5) is 6.06. The zero-order valence-electron chi connectivity index (χ0n) is 9.80. The second-order valence-electron chi connectivity index (χ2n) is 4.31. The van der Waals surface area contributed by atoms with Crippen LogP contribution in [0.1, 0.15) is 12.0 Å². The molecule has 0 spiro atoms. The van der Waals surface area contributed by atoms with Crippen LogP contribution >= 0.6 is 15.9 Å². The number of rotatable bonds is 2. The Bertz CT molecular complexity index is 609. The minimum atomic E-state index is -2.91. The molecule has 1 aromatic heterocycles. The average Bonchev–Trinajstić information content (AvgIpc) is 2.68. The molecule has 5 nitrogen and oxygen atoms in total. The highest BCUT2D eigenvalue weighted by Crippen LogP contribution is 2.28. The van der Waals surface area contributed by atoms with Crippen LogP contribution in [-0.4, -0.2) is 38.0 Å². The van der Waals surface area contributed by atoms with E-state index in [1.165, 1.54) is 6.20 Å². The summed E-state index contributed by atoms with van der Waals surface area (Å²) >= 11 is 3.36. The van der Waals surface area contributed by atoms with E-state index >= 15 is 0 Å². The quantitative estimate of drug-likeness (QED) is 0.818. The summed E-state index contributed by atoms with van der Waals surface area (Å²) in [7, 11) is -1.09. The summed E-state index contributed by atoms with van der Waals surface area (Å²) in [6.45, 7) is 0. The highest BCUT2D eigenvalue weighted by molar-refractivity contribution is 9.10. The van der Waals surface area contributed by atoms with Gasteiger partial charge in [0.2, 0.25) is 0 Å². The standard InChI is InChI=1S/C11H12BrN3O2S/c1-15(9-2-3-18(16,17)7-9)11-10(12)4-8(5-13)6-14-11/h4,6,9H,2-3,7H2,1H3. The summed E-state index contributed by atoms with van der Waals surface area (Å²) < 4.78 is 23.6. The molecule has 0 radical (unpaired) electrons. The largest absolute Gasteiger partial charge is 0.355 e. The molecule has 1 unspecified atom stereocenters. The number of nitrogens with zero attached hydrogens (tertiary/aromatic N) is 3. The Morgan fingerprint density at radius 2 is 2.33 bits per heavy atom. The van der Waals surface area contributed by atoms with Crippen molar-refractivity contribution >= 4 is 31.6 Å². The van der Waals surface area contributed by atoms with Gasteiger partial charge in [-0.05, 0) is 28.4 Å². The Morgan fingerprint density at radius 1 is 1.61 bits per heavy atom. The summed E-state index contributed by atoms with van der Waals surface area (Å²) in [5.41, 5.74) is 0.470. The first-order valence-corrected chi connectivity index (χ1v) is 8.03. The lowest BCUT2D eigenvalue weighted by Crippen LogP contribution is -2.33. The van der Waals surface area contributed by atoms with Gasteiger partial charge in [0.25, 0.3) is 0 Å². The van der Waals surface area contributed by atoms with Crippen LogP contribution in [-0.2, 0) is 9.84 Å². The Kier molecular flexibility index (Phi) is 3.59. The van der Waals surface area contributed by atoms with Crippen LogP contribution in [0.5, 0.6) is 0 Å². The van der Waals surface area contributed by atoms with E-state index in [0.29, 0.717) is 22.3 Å². The second-order valence-corrected chi connectivity index (χ2v) is 7.39. The van der Waals surface area contributed by atoms with Crippen molar-refractivity contribution in [2.45, 2.75) is 12.5 Å². The first-order chi connectivity index (χ1) is 8.43. The van der Waals surface area contributed by atoms with E-state index < -0.39 is 9.84 Å². The Labute approximate surface area is 114 Å². The predicted molar refractivity (Wildman–Crippen MR) is 72.1 cm³/mol. The number of hydrogen-bond donors (Lipinski definition) is 0. The van der Waals surface area contributed by atoms with Crippen molar-refractivity contribution < 1.29 is 8.42 Å². The van der Waals surface area contributed by atoms with Crippen LogP contribution in [0, 0.1) is 11.3 Å². The summed E-state index contributed by atoms with van der Waals surface area (Å²) in [5, 5.41) is 8.77. The second kappa shape index (κ2) is 4.86. The number of sulfone groups is 1. The molecule has 0 bridgehead atoms. The number of anilines is 1. The van der Waals surface area contributed by atoms with Crippen LogP contribution in [0.3, 0.4) is 0 Å². The van der Waals surface area contributed by atoms with Crippen molar-refractivity contribution in [3.63, 3.8) is 0 Å². The van der Waals surface area contributed by atoms with Crippen molar-refractivity contribution in [1.29, 1.82) is 5.26 Å². The molecule has 0 saturated carbocycles. The first-order valence-electron chi connectivity index (χ1n) is 5.42. The van der Waals surface area contributed by atoms with Crippen molar-refractivity contribution in [1.82, 2.24) is 4.98 Å². The highest BCUT2D eigenvalue weighted by Gasteiger charge is 2.31. The molecule has 1 saturated heterocycles. The Balaban J connectivity index is 2.25. The van der Waals surface area contributed by atoms with Gasteiger partial charge in [0, 0.05) is 19.3 Å². The number of pyridine rings is 1. The zero-order chi connectivity index (χ0) is 13.3. The minimum absolute atomic E-state index is 0.0493. The van der Waals surface area contributed by atoms with E-state index in [-0.39, 0.29) is 17.5 Å². The molecule has 1 aliphatic heterocycles. The van der Waals surface area contributed by atoms with Gasteiger partial charge in [-0.2, -0.15) is 5.26 Å². The molecular formula is C11H12BrN3O2S. The Hall–Kier alpha value is -1.13. The van der Waals surface area contributed by atoms with E-state index in [0.717, 1.165) is 0 Å². The normalized spacial score (nSPS) is 21.5. The molecular weight excluding hydrogens is 318 g/mol. The van der Waals surface area contributed by atoms with E-state index in [4.69, 9.17) is 5.26 Å². The van der Waals surface area contributed by atoms with Gasteiger partial charge in [-0.1, -0.05) is 0 Å². The molecule has 18 heavy (non-hydrogen) atoms. The maximum absolute atomic E-state index is 11.5. The summed E-state index contributed by atoms with van der Waals surface area (Å²) in [6.07, 6.45) is 2.10. The topological polar surface area (TPSA) is 74.1 Å². The van der Waals surface area contributed by atoms with E-state index in [1.807, 2.05) is 18.0 Å². The van der Waals surface area contributed by atoms with Gasteiger partial charge in [0.05, 0.1) is 21.5 Å². The van der Waals surface area contributed by atoms with Crippen LogP contribution in [0.25, 0.3) is 0 Å². The van der Waals surface area contributed by atoms with Crippen LogP contribution < -0.4 is 4.90 Å². The van der Waals surface area contributed by atoms with Gasteiger partial charge in [-0.25, -0.2) is 13.4 Å². The van der Waals surface area contributed by atoms with Crippen LogP contribution in [0.15, 0.2) is 16.7 Å². The maximum Gasteiger partial charge on any atom is 0.152 e. The molecule has 96 valence electrons. The van der Waals surface area contributed by atoms with Crippen molar-refractivity contribution in [2.24, 2.45) is 0 Å². The Morgan fingerprint density at radius 3 is 2.83 bits per heavy atom. The fourth-order valence-electron chi connectivity index (χ4n) is 2.01. The fraction of sp³-hybridized carbons (Fsp3) is 0.455. The van der Waals surface area contributed by atoms with Gasteiger partial charge in [0.1, 0.15) is 11.9 Å². The lowest BCUT2D eigenvalue weighted by atomic mass is 10.2. The summed E-state index contributed by atoms with van der Waals surface area (Å²) in [6, 6.07) is 3.64. The molecule has 0 aromatic carbocycles. The minimum Gasteiger partial charge on any atom is -0.355 e. The predicted octanol–water partition coefficient (Wildman–Crippen LogP) is 1.34. The van der Waals surface area contributed by atoms with Crippen LogP contribution in [0.4, 0.5) is 5.82 Å². The van der Waals surface area contributed by atoms with Crippen molar-refractivity contribution in [2.75, 3.05) is 23.5 Å². The maximum atomic E-state index is 11.5. The monoisotopic (exact) mass is 329 g/mol. The number of aromatic nitrogens is 1. The molecule has 0 amide bonds. The van der Waals surface area contributed by atoms with Gasteiger partial charge in [-0.15, -0.1) is 0 Å². The van der Waals surface area contributed by atoms with E-state index in [9.17, 15) is 8.42 Å². The third-order valence-electron chi connectivity index (χ3n) is 3.04. The van der Waals surface area contributed by atoms with Gasteiger partial charge < -0.3 is 4.90 Å². The zero-order valence-corrected chi connectivity index (χ0v) is 12.2. The number of hydrogen-bond acceptors (Lipinski definition) is 5. The van der Waals surface area contributed by atoms with Gasteiger partial charge in [0.15, 0.2) is 9.84 Å². The highest BCUT2D eigenvalue weighted by atomic mass is 79.9. The third-order valence-corrected chi connectivity index (χ3v) is 5.37. The van der Waals surface area contributed by atoms with Crippen LogP contribution in [0.2, 0.25) is 0 Å². The third kappa shape index (κ3) is 2.65. The average molecular weight is 330 g/mol. The van der Waals surface area contributed by atoms with E-state index in [1.54, 1.807) is 6.07 Å². The smallest absolute Gasteiger partial charge is 0.152 e. The molecule has 7 heteroatoms. The molecule has 1 aliphatic rings. The number of nitriles is 1.